The Morgan fingerprint density at radius 3 is 2.16 bits per heavy atom. The molecule has 5 nitrogen and oxygen atoms in total. The molecule has 3 heterocycles. The average Bonchev–Trinajstić information content (AvgIpc) is 2.79. The Hall–Kier alpha value is -3.78. The topological polar surface area (TPSA) is 76.0 Å². The summed E-state index contributed by atoms with van der Waals surface area (Å²) in [5, 5.41) is 11.7. The zero-order valence-electron chi connectivity index (χ0n) is 16.5. The fourth-order valence-corrected chi connectivity index (χ4v) is 6.76. The third kappa shape index (κ3) is 3.85. The molecule has 0 radical (unpaired) electrons. The molecule has 0 saturated carbocycles. The molecule has 0 aliphatic carbocycles. The molecule has 3 aromatic heterocycles. The van der Waals surface area contributed by atoms with Crippen molar-refractivity contribution in [2.45, 2.75) is 6.55 Å². The van der Waals surface area contributed by atoms with E-state index in [4.69, 9.17) is 4.98 Å². The van der Waals surface area contributed by atoms with Gasteiger partial charge in [-0.05, 0) is 41.6 Å². The Labute approximate surface area is 178 Å². The smallest absolute Gasteiger partial charge is 0.354 e. The van der Waals surface area contributed by atoms with Gasteiger partial charge in [-0.15, -0.1) is 0 Å². The van der Waals surface area contributed by atoms with E-state index in [1.807, 2.05) is 42.9 Å². The van der Waals surface area contributed by atoms with Gasteiger partial charge >= 0.3 is 5.97 Å². The first-order valence-corrected chi connectivity index (χ1v) is 12.0. The third-order valence-corrected chi connectivity index (χ3v) is 9.28. The molecule has 1 N–H and O–H groups in total. The summed E-state index contributed by atoms with van der Waals surface area (Å²) in [6, 6.07) is 22.1. The molecule has 0 fully saturated rings. The van der Waals surface area contributed by atoms with E-state index in [0.717, 1.165) is 11.3 Å². The molecule has 0 saturated heterocycles. The van der Waals surface area contributed by atoms with E-state index in [1.165, 1.54) is 12.1 Å². The van der Waals surface area contributed by atoms with E-state index >= 15 is 0 Å². The Morgan fingerprint density at radius 1 is 0.806 bits per heavy atom. The van der Waals surface area contributed by atoms with Crippen molar-refractivity contribution in [2.24, 2.45) is 0 Å². The molecule has 8 heteroatoms. The highest BCUT2D eigenvalue weighted by Crippen LogP contribution is 2.19. The first-order valence-electron chi connectivity index (χ1n) is 9.46. The van der Waals surface area contributed by atoms with Crippen molar-refractivity contribution >= 4 is 29.9 Å². The van der Waals surface area contributed by atoms with Gasteiger partial charge in [-0.3, -0.25) is 4.98 Å². The second-order valence-electron chi connectivity index (χ2n) is 7.08. The summed E-state index contributed by atoms with van der Waals surface area (Å²) in [6.07, 6.45) is 0. The van der Waals surface area contributed by atoms with Crippen molar-refractivity contribution in [3.63, 3.8) is 0 Å². The molecule has 4 rings (SSSR count). The van der Waals surface area contributed by atoms with Crippen LogP contribution >= 0.6 is 0 Å². The molecule has 0 aliphatic heterocycles. The summed E-state index contributed by atoms with van der Waals surface area (Å²) >= 11 is 0. The van der Waals surface area contributed by atoms with E-state index in [2.05, 4.69) is 9.97 Å². The van der Waals surface area contributed by atoms with Crippen LogP contribution in [0.5, 0.6) is 0 Å². The van der Waals surface area contributed by atoms with E-state index in [-0.39, 0.29) is 11.3 Å². The highest BCUT2D eigenvalue weighted by molar-refractivity contribution is 7.09. The Kier molecular flexibility index (Phi) is 5.39. The summed E-state index contributed by atoms with van der Waals surface area (Å²) in [5.41, 5.74) is 0.337. The maximum atomic E-state index is 14.3. The van der Waals surface area contributed by atoms with Gasteiger partial charge in [0.15, 0.2) is 8.07 Å². The lowest BCUT2D eigenvalue weighted by Gasteiger charge is -2.27. The number of hydrogen-bond donors (Lipinski definition) is 1. The molecule has 0 aliphatic rings. The number of rotatable bonds is 5. The van der Waals surface area contributed by atoms with Gasteiger partial charge in [0, 0.05) is 10.6 Å². The van der Waals surface area contributed by atoms with Crippen LogP contribution in [0.15, 0.2) is 78.9 Å². The number of nitrogens with zero attached hydrogens (tertiary/aromatic N) is 3. The number of carboxylic acid groups (broad SMARTS) is 1. The first kappa shape index (κ1) is 20.5. The zero-order valence-corrected chi connectivity index (χ0v) is 17.5. The van der Waals surface area contributed by atoms with Crippen LogP contribution in [0, 0.1) is 11.9 Å². The van der Waals surface area contributed by atoms with Gasteiger partial charge in [0.1, 0.15) is 5.69 Å². The van der Waals surface area contributed by atoms with Gasteiger partial charge < -0.3 is 5.11 Å². The predicted molar refractivity (Wildman–Crippen MR) is 116 cm³/mol. The van der Waals surface area contributed by atoms with Crippen LogP contribution in [0.2, 0.25) is 6.55 Å². The Morgan fingerprint density at radius 2 is 1.48 bits per heavy atom. The van der Waals surface area contributed by atoms with Crippen molar-refractivity contribution in [3.05, 3.63) is 96.5 Å². The number of carboxylic acids is 1. The van der Waals surface area contributed by atoms with Crippen LogP contribution in [0.4, 0.5) is 8.78 Å². The van der Waals surface area contributed by atoms with Crippen molar-refractivity contribution < 1.29 is 18.7 Å². The number of halogens is 2. The highest BCUT2D eigenvalue weighted by Gasteiger charge is 2.38. The van der Waals surface area contributed by atoms with Gasteiger partial charge in [0.25, 0.3) is 0 Å². The minimum atomic E-state index is -2.85. The molecule has 1 atom stereocenters. The summed E-state index contributed by atoms with van der Waals surface area (Å²) in [4.78, 5) is 23.9. The number of aromatic carboxylic acids is 1. The van der Waals surface area contributed by atoms with E-state index < -0.39 is 25.9 Å². The summed E-state index contributed by atoms with van der Waals surface area (Å²) < 4.78 is 27.6. The number of aromatic nitrogens is 3. The van der Waals surface area contributed by atoms with E-state index in [0.29, 0.717) is 16.3 Å². The van der Waals surface area contributed by atoms with Gasteiger partial charge in [-0.1, -0.05) is 49.0 Å². The van der Waals surface area contributed by atoms with Gasteiger partial charge in [-0.25, -0.2) is 9.78 Å². The van der Waals surface area contributed by atoms with Gasteiger partial charge in [0.05, 0.1) is 11.3 Å². The van der Waals surface area contributed by atoms with Crippen LogP contribution in [0.25, 0.3) is 11.3 Å². The summed E-state index contributed by atoms with van der Waals surface area (Å²) in [5.74, 6) is -2.97. The fraction of sp³-hybridized carbons (Fsp3) is 0.0435. The molecule has 0 amide bonds. The number of hydrogen-bond acceptors (Lipinski definition) is 4. The van der Waals surface area contributed by atoms with Crippen LogP contribution in [-0.2, 0) is 0 Å². The quantitative estimate of drug-likeness (QED) is 0.387. The fourth-order valence-electron chi connectivity index (χ4n) is 3.50. The van der Waals surface area contributed by atoms with Crippen molar-refractivity contribution in [2.75, 3.05) is 0 Å². The monoisotopic (exact) mass is 433 g/mol. The van der Waals surface area contributed by atoms with Crippen LogP contribution in [-0.4, -0.2) is 34.1 Å². The largest absolute Gasteiger partial charge is 0.477 e. The van der Waals surface area contributed by atoms with Crippen molar-refractivity contribution in [1.29, 1.82) is 0 Å². The lowest BCUT2D eigenvalue weighted by molar-refractivity contribution is 0.0690. The van der Waals surface area contributed by atoms with Crippen LogP contribution in [0.1, 0.15) is 10.5 Å². The summed E-state index contributed by atoms with van der Waals surface area (Å²) in [7, 11) is -2.85. The third-order valence-electron chi connectivity index (χ3n) is 5.18. The molecule has 0 bridgehead atoms. The zero-order chi connectivity index (χ0) is 22.0. The molecule has 4 aromatic rings. The Bertz CT molecular complexity index is 1270. The molecule has 1 aromatic carbocycles. The molecule has 154 valence electrons. The second kappa shape index (κ2) is 8.15. The highest BCUT2D eigenvalue weighted by atomic mass is 28.3. The standard InChI is InChI=1S/C23H17F2N3O2Si/c1-31(15-7-3-2-4-8-15,21-12-6-10-18(27-21)23(29)30)20-11-5-9-17(26-20)16-13-14-19(24)28-22(16)25/h2-14H,1H3,(H,29,30). The minimum absolute atomic E-state index is 0.0583. The predicted octanol–water partition coefficient (Wildman–Crippen LogP) is 2.62. The number of benzene rings is 1. The maximum Gasteiger partial charge on any atom is 0.354 e. The molecule has 31 heavy (non-hydrogen) atoms. The van der Waals surface area contributed by atoms with Crippen molar-refractivity contribution in [1.82, 2.24) is 15.0 Å². The van der Waals surface area contributed by atoms with E-state index in [9.17, 15) is 18.7 Å². The molecular weight excluding hydrogens is 416 g/mol. The number of carbonyl (C=O) groups is 1. The minimum Gasteiger partial charge on any atom is -0.477 e. The van der Waals surface area contributed by atoms with Crippen LogP contribution in [0.3, 0.4) is 0 Å². The first-order chi connectivity index (χ1) is 14.9. The normalized spacial score (nSPS) is 12.9. The molecular formula is C23H17F2N3O2Si. The maximum absolute atomic E-state index is 14.3. The van der Waals surface area contributed by atoms with Gasteiger partial charge in [0.2, 0.25) is 11.9 Å². The second-order valence-corrected chi connectivity index (χ2v) is 10.9. The van der Waals surface area contributed by atoms with Gasteiger partial charge in [-0.2, -0.15) is 13.8 Å². The molecule has 1 unspecified atom stereocenters. The van der Waals surface area contributed by atoms with Crippen LogP contribution < -0.4 is 15.8 Å². The average molecular weight is 433 g/mol. The number of pyridine rings is 3. The lowest BCUT2D eigenvalue weighted by Crippen LogP contribution is -2.66. The van der Waals surface area contributed by atoms with E-state index in [1.54, 1.807) is 24.3 Å². The SMILES string of the molecule is C[Si](c1ccccc1)(c1cccc(C(=O)O)n1)c1cccc(-c2ccc(F)nc2F)n1. The van der Waals surface area contributed by atoms with Crippen molar-refractivity contribution in [3.8, 4) is 11.3 Å². The molecule has 0 spiro atoms. The summed E-state index contributed by atoms with van der Waals surface area (Å²) in [6.45, 7) is 2.02. The lowest BCUT2D eigenvalue weighted by atomic mass is 10.2. The Balaban J connectivity index is 1.94.